The van der Waals surface area contributed by atoms with Crippen molar-refractivity contribution < 1.29 is 4.74 Å². The lowest BCUT2D eigenvalue weighted by Gasteiger charge is -2.04. The molecule has 0 amide bonds. The van der Waals surface area contributed by atoms with E-state index < -0.39 is 0 Å². The highest BCUT2D eigenvalue weighted by molar-refractivity contribution is 5.37. The maximum atomic E-state index is 8.63. The van der Waals surface area contributed by atoms with Crippen LogP contribution in [0.3, 0.4) is 0 Å². The molecule has 0 aliphatic heterocycles. The normalized spacial score (nSPS) is 8.53. The summed E-state index contributed by atoms with van der Waals surface area (Å²) in [7, 11) is 0. The number of benzene rings is 2. The van der Waals surface area contributed by atoms with E-state index in [-0.39, 0.29) is 0 Å². The minimum atomic E-state index is 0.635. The van der Waals surface area contributed by atoms with Gasteiger partial charge in [-0.05, 0) is 36.4 Å². The first kappa shape index (κ1) is 12.8. The molecular formula is C15H15NO. The second kappa shape index (κ2) is 7.08. The molecule has 0 aromatic heterocycles. The monoisotopic (exact) mass is 225 g/mol. The van der Waals surface area contributed by atoms with Crippen molar-refractivity contribution >= 4 is 0 Å². The van der Waals surface area contributed by atoms with Gasteiger partial charge in [0.15, 0.2) is 0 Å². The molecule has 0 N–H and O–H groups in total. The predicted molar refractivity (Wildman–Crippen MR) is 69.0 cm³/mol. The first-order valence-corrected chi connectivity index (χ1v) is 5.61. The van der Waals surface area contributed by atoms with E-state index in [4.69, 9.17) is 10.00 Å². The van der Waals surface area contributed by atoms with Gasteiger partial charge in [-0.2, -0.15) is 5.26 Å². The Kier molecular flexibility index (Phi) is 5.33. The zero-order valence-electron chi connectivity index (χ0n) is 10.1. The number of hydrogen-bond acceptors (Lipinski definition) is 2. The minimum absolute atomic E-state index is 0.635. The van der Waals surface area contributed by atoms with Crippen LogP contribution in [0.5, 0.6) is 11.5 Å². The Labute approximate surface area is 102 Å². The molecule has 0 bridgehead atoms. The number of para-hydroxylation sites is 1. The summed E-state index contributed by atoms with van der Waals surface area (Å²) in [6.07, 6.45) is 0. The van der Waals surface area contributed by atoms with Crippen molar-refractivity contribution in [1.29, 1.82) is 5.26 Å². The van der Waals surface area contributed by atoms with Crippen molar-refractivity contribution in [3.8, 4) is 17.6 Å². The van der Waals surface area contributed by atoms with Gasteiger partial charge < -0.3 is 4.74 Å². The highest BCUT2D eigenvalue weighted by atomic mass is 16.5. The molecule has 0 radical (unpaired) electrons. The molecule has 0 atom stereocenters. The number of rotatable bonds is 2. The van der Waals surface area contributed by atoms with Gasteiger partial charge in [-0.25, -0.2) is 0 Å². The largest absolute Gasteiger partial charge is 0.457 e. The van der Waals surface area contributed by atoms with Crippen molar-refractivity contribution in [2.24, 2.45) is 0 Å². The summed E-state index contributed by atoms with van der Waals surface area (Å²) in [6.45, 7) is 4.00. The molecule has 17 heavy (non-hydrogen) atoms. The Balaban J connectivity index is 0.000000686. The molecule has 0 unspecified atom stereocenters. The fraction of sp³-hybridized carbons (Fsp3) is 0.133. The standard InChI is InChI=1S/C13H9NO.C2H6/c14-10-11-6-8-13(9-7-11)15-12-4-2-1-3-5-12;1-2/h1-9H;1-2H3. The molecule has 2 aromatic carbocycles. The van der Waals surface area contributed by atoms with Crippen molar-refractivity contribution in [1.82, 2.24) is 0 Å². The lowest BCUT2D eigenvalue weighted by Crippen LogP contribution is -1.83. The maximum Gasteiger partial charge on any atom is 0.127 e. The zero-order chi connectivity index (χ0) is 12.5. The number of nitriles is 1. The van der Waals surface area contributed by atoms with Crippen LogP contribution in [0.15, 0.2) is 54.6 Å². The molecule has 0 spiro atoms. The molecule has 2 heteroatoms. The molecule has 0 saturated heterocycles. The summed E-state index contributed by atoms with van der Waals surface area (Å²) in [5.74, 6) is 1.53. The van der Waals surface area contributed by atoms with E-state index in [1.807, 2.05) is 44.2 Å². The van der Waals surface area contributed by atoms with Crippen LogP contribution < -0.4 is 4.74 Å². The van der Waals surface area contributed by atoms with Crippen LogP contribution in [-0.4, -0.2) is 0 Å². The summed E-state index contributed by atoms with van der Waals surface area (Å²) >= 11 is 0. The van der Waals surface area contributed by atoms with Gasteiger partial charge in [0.05, 0.1) is 11.6 Å². The lowest BCUT2D eigenvalue weighted by atomic mass is 10.2. The van der Waals surface area contributed by atoms with Gasteiger partial charge in [0.25, 0.3) is 0 Å². The van der Waals surface area contributed by atoms with Crippen LogP contribution in [0, 0.1) is 11.3 Å². The SMILES string of the molecule is CC.N#Cc1ccc(Oc2ccccc2)cc1. The summed E-state index contributed by atoms with van der Waals surface area (Å²) in [5, 5.41) is 8.63. The minimum Gasteiger partial charge on any atom is -0.457 e. The second-order valence-corrected chi connectivity index (χ2v) is 3.05. The van der Waals surface area contributed by atoms with Crippen molar-refractivity contribution in [2.45, 2.75) is 13.8 Å². The highest BCUT2D eigenvalue weighted by Gasteiger charge is 1.95. The topological polar surface area (TPSA) is 33.0 Å². The van der Waals surface area contributed by atoms with E-state index >= 15 is 0 Å². The molecule has 0 aliphatic rings. The van der Waals surface area contributed by atoms with E-state index in [9.17, 15) is 0 Å². The molecule has 0 fully saturated rings. The van der Waals surface area contributed by atoms with Crippen molar-refractivity contribution in [3.63, 3.8) is 0 Å². The first-order valence-electron chi connectivity index (χ1n) is 5.61. The third-order valence-corrected chi connectivity index (χ3v) is 1.96. The molecular weight excluding hydrogens is 210 g/mol. The Bertz CT molecular complexity index is 469. The molecule has 0 aliphatic carbocycles. The number of nitrogens with zero attached hydrogens (tertiary/aromatic N) is 1. The van der Waals surface area contributed by atoms with Gasteiger partial charge in [0, 0.05) is 0 Å². The Hall–Kier alpha value is -2.27. The first-order chi connectivity index (χ1) is 8.38. The molecule has 2 aromatic rings. The summed E-state index contributed by atoms with van der Waals surface area (Å²) in [4.78, 5) is 0. The maximum absolute atomic E-state index is 8.63. The fourth-order valence-corrected chi connectivity index (χ4v) is 1.22. The van der Waals surface area contributed by atoms with Gasteiger partial charge >= 0.3 is 0 Å². The molecule has 0 saturated carbocycles. The van der Waals surface area contributed by atoms with Crippen LogP contribution in [0.2, 0.25) is 0 Å². The van der Waals surface area contributed by atoms with Gasteiger partial charge in [-0.1, -0.05) is 32.0 Å². The second-order valence-electron chi connectivity index (χ2n) is 3.05. The van der Waals surface area contributed by atoms with Gasteiger partial charge in [0.1, 0.15) is 11.5 Å². The van der Waals surface area contributed by atoms with Crippen LogP contribution in [-0.2, 0) is 0 Å². The molecule has 86 valence electrons. The average molecular weight is 225 g/mol. The Morgan fingerprint density at radius 2 is 1.35 bits per heavy atom. The Morgan fingerprint density at radius 1 is 0.824 bits per heavy atom. The predicted octanol–water partition coefficient (Wildman–Crippen LogP) is 4.38. The summed E-state index contributed by atoms with van der Waals surface area (Å²) in [6, 6.07) is 18.6. The average Bonchev–Trinajstić information content (AvgIpc) is 2.43. The highest BCUT2D eigenvalue weighted by Crippen LogP contribution is 2.20. The molecule has 2 rings (SSSR count). The third kappa shape index (κ3) is 4.00. The van der Waals surface area contributed by atoms with Gasteiger partial charge in [-0.3, -0.25) is 0 Å². The van der Waals surface area contributed by atoms with E-state index in [2.05, 4.69) is 6.07 Å². The fourth-order valence-electron chi connectivity index (χ4n) is 1.22. The Morgan fingerprint density at radius 3 is 1.88 bits per heavy atom. The van der Waals surface area contributed by atoms with Crippen LogP contribution in [0.25, 0.3) is 0 Å². The van der Waals surface area contributed by atoms with E-state index in [1.165, 1.54) is 0 Å². The quantitative estimate of drug-likeness (QED) is 0.760. The lowest BCUT2D eigenvalue weighted by molar-refractivity contribution is 0.482. The van der Waals surface area contributed by atoms with Gasteiger partial charge in [0.2, 0.25) is 0 Å². The summed E-state index contributed by atoms with van der Waals surface area (Å²) < 4.78 is 5.57. The number of hydrogen-bond donors (Lipinski definition) is 0. The van der Waals surface area contributed by atoms with Crippen molar-refractivity contribution in [2.75, 3.05) is 0 Å². The smallest absolute Gasteiger partial charge is 0.127 e. The summed E-state index contributed by atoms with van der Waals surface area (Å²) in [5.41, 5.74) is 0.635. The van der Waals surface area contributed by atoms with E-state index in [0.717, 1.165) is 11.5 Å². The van der Waals surface area contributed by atoms with Crippen molar-refractivity contribution in [3.05, 3.63) is 60.2 Å². The van der Waals surface area contributed by atoms with Crippen LogP contribution >= 0.6 is 0 Å². The molecule has 0 heterocycles. The van der Waals surface area contributed by atoms with Gasteiger partial charge in [-0.15, -0.1) is 0 Å². The molecule has 2 nitrogen and oxygen atoms in total. The van der Waals surface area contributed by atoms with Crippen LogP contribution in [0.4, 0.5) is 0 Å². The van der Waals surface area contributed by atoms with Crippen LogP contribution in [0.1, 0.15) is 19.4 Å². The number of ether oxygens (including phenoxy) is 1. The van der Waals surface area contributed by atoms with E-state index in [1.54, 1.807) is 24.3 Å². The third-order valence-electron chi connectivity index (χ3n) is 1.96. The van der Waals surface area contributed by atoms with E-state index in [0.29, 0.717) is 5.56 Å². The zero-order valence-corrected chi connectivity index (χ0v) is 10.1.